The molecule has 120 valence electrons. The first kappa shape index (κ1) is 15.7. The molecular weight excluding hydrogens is 288 g/mol. The van der Waals surface area contributed by atoms with Crippen LogP contribution >= 0.6 is 0 Å². The van der Waals surface area contributed by atoms with E-state index in [1.807, 2.05) is 36.4 Å². The van der Waals surface area contributed by atoms with Gasteiger partial charge in [-0.1, -0.05) is 60.7 Å². The first-order valence-corrected chi connectivity index (χ1v) is 8.06. The number of carbonyl (C=O) groups excluding carboxylic acids is 1. The van der Waals surface area contributed by atoms with Gasteiger partial charge in [0.25, 0.3) is 5.91 Å². The van der Waals surface area contributed by atoms with E-state index >= 15 is 0 Å². The average Bonchev–Trinajstić information content (AvgIpc) is 2.63. The first-order chi connectivity index (χ1) is 11.2. The Morgan fingerprint density at radius 1 is 0.957 bits per heavy atom. The molecule has 1 aliphatic rings. The molecule has 23 heavy (non-hydrogen) atoms. The second-order valence-electron chi connectivity index (χ2n) is 5.94. The third-order valence-corrected chi connectivity index (χ3v) is 4.39. The fourth-order valence-electron chi connectivity index (χ4n) is 3.04. The maximum Gasteiger partial charge on any atom is 0.261 e. The maximum absolute atomic E-state index is 13.0. The third-order valence-electron chi connectivity index (χ3n) is 4.39. The second kappa shape index (κ2) is 6.94. The summed E-state index contributed by atoms with van der Waals surface area (Å²) in [5, 5.41) is 17.6. The zero-order valence-electron chi connectivity index (χ0n) is 13.0. The highest BCUT2D eigenvalue weighted by atomic mass is 16.3. The Bertz CT molecular complexity index is 597. The van der Waals surface area contributed by atoms with Gasteiger partial charge in [0.15, 0.2) is 5.60 Å². The molecule has 1 amide bonds. The lowest BCUT2D eigenvalue weighted by molar-refractivity contribution is -0.137. The molecule has 2 aromatic carbocycles. The monoisotopic (exact) mass is 310 g/mol. The molecule has 4 heteroatoms. The minimum atomic E-state index is -1.67. The molecule has 0 spiro atoms. The van der Waals surface area contributed by atoms with Crippen molar-refractivity contribution in [3.05, 3.63) is 71.8 Å². The summed E-state index contributed by atoms with van der Waals surface area (Å²) >= 11 is 0. The average molecular weight is 310 g/mol. The molecule has 0 unspecified atom stereocenters. The molecule has 0 aliphatic carbocycles. The summed E-state index contributed by atoms with van der Waals surface area (Å²) in [4.78, 5) is 13.0. The molecule has 1 heterocycles. The van der Waals surface area contributed by atoms with E-state index in [0.717, 1.165) is 25.9 Å². The number of hydrogen-bond acceptors (Lipinski definition) is 3. The Morgan fingerprint density at radius 2 is 1.43 bits per heavy atom. The predicted octanol–water partition coefficient (Wildman–Crippen LogP) is 1.79. The van der Waals surface area contributed by atoms with Gasteiger partial charge in [0, 0.05) is 6.04 Å². The van der Waals surface area contributed by atoms with Gasteiger partial charge < -0.3 is 15.7 Å². The number of benzene rings is 2. The largest absolute Gasteiger partial charge is 0.372 e. The number of carbonyl (C=O) groups is 1. The van der Waals surface area contributed by atoms with Gasteiger partial charge in [-0.05, 0) is 37.1 Å². The van der Waals surface area contributed by atoms with Crippen LogP contribution in [0.25, 0.3) is 0 Å². The molecule has 3 rings (SSSR count). The van der Waals surface area contributed by atoms with Crippen LogP contribution < -0.4 is 10.6 Å². The summed E-state index contributed by atoms with van der Waals surface area (Å²) in [5.41, 5.74) is -0.511. The van der Waals surface area contributed by atoms with Crippen molar-refractivity contribution in [2.75, 3.05) is 13.1 Å². The number of nitrogens with one attached hydrogen (secondary N) is 2. The number of aliphatic hydroxyl groups is 1. The molecule has 1 fully saturated rings. The normalized spacial score (nSPS) is 16.0. The molecule has 1 saturated heterocycles. The van der Waals surface area contributed by atoms with Crippen LogP contribution in [0.15, 0.2) is 60.7 Å². The minimum absolute atomic E-state index is 0.0997. The van der Waals surface area contributed by atoms with E-state index in [1.54, 1.807) is 24.3 Å². The Morgan fingerprint density at radius 3 is 1.91 bits per heavy atom. The van der Waals surface area contributed by atoms with E-state index in [1.165, 1.54) is 0 Å². The van der Waals surface area contributed by atoms with Crippen molar-refractivity contribution < 1.29 is 9.90 Å². The molecular formula is C19H22N2O2. The van der Waals surface area contributed by atoms with Crippen molar-refractivity contribution in [2.45, 2.75) is 24.5 Å². The first-order valence-electron chi connectivity index (χ1n) is 8.06. The highest BCUT2D eigenvalue weighted by molar-refractivity contribution is 5.90. The quantitative estimate of drug-likeness (QED) is 0.807. The zero-order valence-corrected chi connectivity index (χ0v) is 13.0. The van der Waals surface area contributed by atoms with Crippen LogP contribution in [0.2, 0.25) is 0 Å². The summed E-state index contributed by atoms with van der Waals surface area (Å²) < 4.78 is 0. The summed E-state index contributed by atoms with van der Waals surface area (Å²) in [6, 6.07) is 18.3. The predicted molar refractivity (Wildman–Crippen MR) is 89.9 cm³/mol. The van der Waals surface area contributed by atoms with Crippen molar-refractivity contribution >= 4 is 5.91 Å². The lowest BCUT2D eigenvalue weighted by Crippen LogP contribution is -2.51. The Kier molecular flexibility index (Phi) is 4.74. The highest BCUT2D eigenvalue weighted by Gasteiger charge is 2.40. The highest BCUT2D eigenvalue weighted by Crippen LogP contribution is 2.30. The van der Waals surface area contributed by atoms with Crippen molar-refractivity contribution in [3.8, 4) is 0 Å². The van der Waals surface area contributed by atoms with Crippen molar-refractivity contribution in [1.82, 2.24) is 10.6 Å². The van der Waals surface area contributed by atoms with Gasteiger partial charge in [0.2, 0.25) is 0 Å². The molecule has 0 radical (unpaired) electrons. The van der Waals surface area contributed by atoms with Gasteiger partial charge in [0.1, 0.15) is 0 Å². The van der Waals surface area contributed by atoms with Gasteiger partial charge in [-0.15, -0.1) is 0 Å². The zero-order chi connectivity index (χ0) is 16.1. The van der Waals surface area contributed by atoms with Crippen molar-refractivity contribution in [3.63, 3.8) is 0 Å². The summed E-state index contributed by atoms with van der Waals surface area (Å²) in [6.07, 6.45) is 1.76. The van der Waals surface area contributed by atoms with Crippen LogP contribution in [-0.4, -0.2) is 30.1 Å². The van der Waals surface area contributed by atoms with Crippen LogP contribution in [0.3, 0.4) is 0 Å². The number of piperidine rings is 1. The molecule has 0 saturated carbocycles. The minimum Gasteiger partial charge on any atom is -0.372 e. The van der Waals surface area contributed by atoms with Crippen LogP contribution in [-0.2, 0) is 10.4 Å². The van der Waals surface area contributed by atoms with Crippen LogP contribution in [0.5, 0.6) is 0 Å². The number of hydrogen-bond donors (Lipinski definition) is 3. The Balaban J connectivity index is 1.93. The van der Waals surface area contributed by atoms with Crippen LogP contribution in [0, 0.1) is 0 Å². The van der Waals surface area contributed by atoms with Gasteiger partial charge in [0.05, 0.1) is 0 Å². The molecule has 0 aromatic heterocycles. The lowest BCUT2D eigenvalue weighted by atomic mass is 9.85. The van der Waals surface area contributed by atoms with Gasteiger partial charge in [-0.3, -0.25) is 4.79 Å². The van der Waals surface area contributed by atoms with Crippen LogP contribution in [0.4, 0.5) is 0 Å². The maximum atomic E-state index is 13.0. The third kappa shape index (κ3) is 3.28. The summed E-state index contributed by atoms with van der Waals surface area (Å²) in [7, 11) is 0. The van der Waals surface area contributed by atoms with Crippen molar-refractivity contribution in [1.29, 1.82) is 0 Å². The SMILES string of the molecule is O=C(NC1CCNCC1)C(O)(c1ccccc1)c1ccccc1. The van der Waals surface area contributed by atoms with E-state index in [9.17, 15) is 9.90 Å². The molecule has 0 atom stereocenters. The van der Waals surface area contributed by atoms with Gasteiger partial charge in [-0.2, -0.15) is 0 Å². The van der Waals surface area contributed by atoms with Crippen LogP contribution in [0.1, 0.15) is 24.0 Å². The molecule has 2 aromatic rings. The smallest absolute Gasteiger partial charge is 0.261 e. The fourth-order valence-corrected chi connectivity index (χ4v) is 3.04. The van der Waals surface area contributed by atoms with E-state index in [-0.39, 0.29) is 11.9 Å². The van der Waals surface area contributed by atoms with E-state index < -0.39 is 5.60 Å². The van der Waals surface area contributed by atoms with Gasteiger partial charge >= 0.3 is 0 Å². The number of amides is 1. The second-order valence-corrected chi connectivity index (χ2v) is 5.94. The lowest BCUT2D eigenvalue weighted by Gasteiger charge is -2.32. The van der Waals surface area contributed by atoms with Crippen molar-refractivity contribution in [2.24, 2.45) is 0 Å². The Hall–Kier alpha value is -2.17. The summed E-state index contributed by atoms with van der Waals surface area (Å²) in [6.45, 7) is 1.78. The molecule has 1 aliphatic heterocycles. The molecule has 3 N–H and O–H groups in total. The van der Waals surface area contributed by atoms with E-state index in [4.69, 9.17) is 0 Å². The van der Waals surface area contributed by atoms with E-state index in [2.05, 4.69) is 10.6 Å². The van der Waals surface area contributed by atoms with Gasteiger partial charge in [-0.25, -0.2) is 0 Å². The topological polar surface area (TPSA) is 61.4 Å². The fraction of sp³-hybridized carbons (Fsp3) is 0.316. The molecule has 0 bridgehead atoms. The Labute approximate surface area is 136 Å². The van der Waals surface area contributed by atoms with E-state index in [0.29, 0.717) is 11.1 Å². The molecule has 4 nitrogen and oxygen atoms in total. The summed E-state index contributed by atoms with van der Waals surface area (Å²) in [5.74, 6) is -0.359. The number of rotatable bonds is 4. The standard InChI is InChI=1S/C19H22N2O2/c22-18(21-17-11-13-20-14-12-17)19(23,15-7-3-1-4-8-15)16-9-5-2-6-10-16/h1-10,17,20,23H,11-14H2,(H,21,22).